The molecule has 2 aliphatic heterocycles. The Morgan fingerprint density at radius 3 is 2.66 bits per heavy atom. The average Bonchev–Trinajstić information content (AvgIpc) is 3.74. The lowest BCUT2D eigenvalue weighted by Gasteiger charge is -2.24. The van der Waals surface area contributed by atoms with E-state index in [0.717, 1.165) is 17.2 Å². The molecule has 2 saturated heterocycles. The standard InChI is InChI=1S/C20H25N9O13P2/c21-16-10-17(24-4-23-16)28(6-26-10)20-12(32)14(41-43(34)35)9(40-20)3-38-44(36,37)42-15-11(31)8(2-30)39-13(15)7-1-22-18-19(33)25-5-27-29(7)18/h1,4-6,8-9,11-15,20,30-32,43H,2-3H2,(H,34,35)(H,36,37)(H2,21,23,24)(H,25,27,33)/t8-,9-,11-,12-,13+,14-,15-,20-/m1/s1. The summed E-state index contributed by atoms with van der Waals surface area (Å²) in [5.74, 6) is 0.0408. The van der Waals surface area contributed by atoms with E-state index in [1.165, 1.54) is 17.1 Å². The van der Waals surface area contributed by atoms with Crippen molar-refractivity contribution < 1.29 is 57.3 Å². The van der Waals surface area contributed by atoms with Crippen molar-refractivity contribution in [3.63, 3.8) is 0 Å². The Morgan fingerprint density at radius 2 is 1.91 bits per heavy atom. The first-order valence-corrected chi connectivity index (χ1v) is 15.4. The first-order chi connectivity index (χ1) is 21.0. The fraction of sp³-hybridized carbons (Fsp3) is 0.500. The van der Waals surface area contributed by atoms with Crippen LogP contribution in [0.3, 0.4) is 0 Å². The zero-order valence-corrected chi connectivity index (χ0v) is 23.9. The zero-order chi connectivity index (χ0) is 31.3. The number of nitrogens with one attached hydrogen (secondary N) is 1. The Kier molecular flexibility index (Phi) is 8.34. The molecule has 10 atom stereocenters. The SMILES string of the molecule is Nc1ncnc2c1ncn2[C@@H]1O[C@H](COP(=O)(O)O[C@@H]2[C@H](O)[C@@H](CO)O[C@H]2c2cnc3c(=O)[nH]cnn23)[C@@H](O[PH](=O)O)[C@H]1O. The predicted octanol–water partition coefficient (Wildman–Crippen LogP) is -2.84. The number of imidazole rings is 2. The van der Waals surface area contributed by atoms with Crippen LogP contribution in [0.15, 0.2) is 30.0 Å². The average molecular weight is 661 g/mol. The molecule has 22 nitrogen and oxygen atoms in total. The number of hydrogen-bond acceptors (Lipinski definition) is 17. The molecule has 0 amide bonds. The molecule has 2 aliphatic rings. The minimum Gasteiger partial charge on any atom is -0.394 e. The van der Waals surface area contributed by atoms with Crippen LogP contribution >= 0.6 is 16.1 Å². The van der Waals surface area contributed by atoms with Crippen molar-refractivity contribution in [3.8, 4) is 0 Å². The van der Waals surface area contributed by atoms with E-state index < -0.39 is 83.8 Å². The number of H-pyrrole nitrogens is 1. The Morgan fingerprint density at radius 1 is 1.11 bits per heavy atom. The quantitative estimate of drug-likeness (QED) is 0.0841. The molecular weight excluding hydrogens is 636 g/mol. The van der Waals surface area contributed by atoms with Gasteiger partial charge < -0.3 is 49.8 Å². The normalized spacial score (nSPS) is 31.1. The Bertz CT molecular complexity index is 1800. The van der Waals surface area contributed by atoms with Gasteiger partial charge in [-0.25, -0.2) is 29.0 Å². The van der Waals surface area contributed by atoms with Gasteiger partial charge in [0.15, 0.2) is 17.7 Å². The molecule has 0 bridgehead atoms. The number of aromatic nitrogens is 8. The highest BCUT2D eigenvalue weighted by Crippen LogP contribution is 2.51. The molecule has 6 rings (SSSR count). The first kappa shape index (κ1) is 30.8. The largest absolute Gasteiger partial charge is 0.472 e. The van der Waals surface area contributed by atoms with Crippen LogP contribution in [0.2, 0.25) is 0 Å². The van der Waals surface area contributed by atoms with Crippen LogP contribution in [-0.4, -0.2) is 114 Å². The maximum absolute atomic E-state index is 13.1. The van der Waals surface area contributed by atoms with Gasteiger partial charge in [-0.05, 0) is 0 Å². The molecule has 0 spiro atoms. The number of aliphatic hydroxyl groups is 3. The number of nitrogens with two attached hydrogens (primary N) is 1. The van der Waals surface area contributed by atoms with Crippen molar-refractivity contribution >= 4 is 38.7 Å². The van der Waals surface area contributed by atoms with E-state index in [1.54, 1.807) is 0 Å². The van der Waals surface area contributed by atoms with Gasteiger partial charge in [-0.2, -0.15) is 5.10 Å². The summed E-state index contributed by atoms with van der Waals surface area (Å²) in [6.45, 7) is -1.53. The van der Waals surface area contributed by atoms with Gasteiger partial charge in [-0.15, -0.1) is 0 Å². The molecule has 0 aromatic carbocycles. The molecule has 238 valence electrons. The van der Waals surface area contributed by atoms with Crippen LogP contribution in [0, 0.1) is 0 Å². The minimum absolute atomic E-state index is 0.0408. The molecule has 4 aromatic rings. The van der Waals surface area contributed by atoms with E-state index in [0.29, 0.717) is 0 Å². The number of nitrogen functional groups attached to an aromatic ring is 1. The van der Waals surface area contributed by atoms with Crippen molar-refractivity contribution in [1.82, 2.24) is 39.1 Å². The summed E-state index contributed by atoms with van der Waals surface area (Å²) in [4.78, 5) is 50.4. The lowest BCUT2D eigenvalue weighted by molar-refractivity contribution is -0.0549. The summed E-state index contributed by atoms with van der Waals surface area (Å²) >= 11 is 0. The highest BCUT2D eigenvalue weighted by molar-refractivity contribution is 7.47. The van der Waals surface area contributed by atoms with Crippen molar-refractivity contribution in [2.24, 2.45) is 0 Å². The van der Waals surface area contributed by atoms with Gasteiger partial charge >= 0.3 is 16.1 Å². The Labute approximate surface area is 244 Å². The second-order valence-corrected chi connectivity index (χ2v) is 11.8. The smallest absolute Gasteiger partial charge is 0.394 e. The van der Waals surface area contributed by atoms with Crippen LogP contribution in [0.5, 0.6) is 0 Å². The highest BCUT2D eigenvalue weighted by Gasteiger charge is 2.51. The van der Waals surface area contributed by atoms with Gasteiger partial charge in [-0.1, -0.05) is 0 Å². The third-order valence-electron chi connectivity index (χ3n) is 7.01. The second-order valence-electron chi connectivity index (χ2n) is 9.63. The van der Waals surface area contributed by atoms with Crippen LogP contribution in [-0.2, 0) is 32.2 Å². The van der Waals surface area contributed by atoms with E-state index in [-0.39, 0.29) is 28.3 Å². The number of rotatable bonds is 10. The first-order valence-electron chi connectivity index (χ1n) is 12.7. The molecular formula is C20H25N9O13P2. The van der Waals surface area contributed by atoms with Crippen molar-refractivity contribution in [2.75, 3.05) is 18.9 Å². The lowest BCUT2D eigenvalue weighted by atomic mass is 10.1. The topological polar surface area (TPSA) is 314 Å². The van der Waals surface area contributed by atoms with Crippen LogP contribution in [0.25, 0.3) is 16.8 Å². The van der Waals surface area contributed by atoms with Gasteiger partial charge in [0.05, 0.1) is 31.4 Å². The molecule has 6 heterocycles. The van der Waals surface area contributed by atoms with Gasteiger partial charge in [-0.3, -0.25) is 23.0 Å². The van der Waals surface area contributed by atoms with Gasteiger partial charge in [0.1, 0.15) is 60.9 Å². The van der Waals surface area contributed by atoms with E-state index in [9.17, 15) is 39.0 Å². The van der Waals surface area contributed by atoms with E-state index in [4.69, 9.17) is 28.8 Å². The molecule has 2 unspecified atom stereocenters. The van der Waals surface area contributed by atoms with Crippen molar-refractivity contribution in [2.45, 2.75) is 49.0 Å². The fourth-order valence-corrected chi connectivity index (χ4v) is 6.50. The number of phosphoric ester groups is 1. The predicted molar refractivity (Wildman–Crippen MR) is 141 cm³/mol. The maximum Gasteiger partial charge on any atom is 0.472 e. The van der Waals surface area contributed by atoms with Gasteiger partial charge in [0, 0.05) is 0 Å². The second kappa shape index (κ2) is 11.9. The maximum atomic E-state index is 13.1. The number of phosphoric acid groups is 1. The highest BCUT2D eigenvalue weighted by atomic mass is 31.2. The van der Waals surface area contributed by atoms with Crippen LogP contribution < -0.4 is 11.3 Å². The summed E-state index contributed by atoms with van der Waals surface area (Å²) in [5.41, 5.74) is 5.45. The summed E-state index contributed by atoms with van der Waals surface area (Å²) in [7, 11) is -8.78. The van der Waals surface area contributed by atoms with Crippen LogP contribution in [0.4, 0.5) is 5.82 Å². The van der Waals surface area contributed by atoms with Gasteiger partial charge in [0.25, 0.3) is 5.56 Å². The molecule has 0 radical (unpaired) electrons. The number of ether oxygens (including phenoxy) is 2. The number of aromatic amines is 1. The Balaban J connectivity index is 1.22. The number of fused-ring (bicyclic) bond motifs is 2. The van der Waals surface area contributed by atoms with Gasteiger partial charge in [0.2, 0.25) is 5.65 Å². The number of nitrogens with zero attached hydrogens (tertiary/aromatic N) is 7. The van der Waals surface area contributed by atoms with Crippen LogP contribution in [0.1, 0.15) is 18.0 Å². The van der Waals surface area contributed by atoms with Crippen molar-refractivity contribution in [3.05, 3.63) is 41.2 Å². The third-order valence-corrected chi connectivity index (χ3v) is 8.47. The molecule has 44 heavy (non-hydrogen) atoms. The zero-order valence-electron chi connectivity index (χ0n) is 22.0. The minimum atomic E-state index is -5.13. The molecule has 0 saturated carbocycles. The van der Waals surface area contributed by atoms with Crippen molar-refractivity contribution in [1.29, 1.82) is 0 Å². The third kappa shape index (κ3) is 5.55. The number of aliphatic hydroxyl groups excluding tert-OH is 3. The molecule has 0 aliphatic carbocycles. The monoisotopic (exact) mass is 661 g/mol. The summed E-state index contributed by atoms with van der Waals surface area (Å²) < 4.78 is 53.8. The molecule has 4 aromatic heterocycles. The molecule has 2 fully saturated rings. The Hall–Kier alpha value is -3.24. The number of hydrogen-bond donors (Lipinski definition) is 7. The molecule has 8 N–H and O–H groups in total. The lowest BCUT2D eigenvalue weighted by Crippen LogP contribution is -2.36. The number of anilines is 1. The fourth-order valence-electron chi connectivity index (χ4n) is 5.04. The van der Waals surface area contributed by atoms with E-state index in [1.807, 2.05) is 0 Å². The van der Waals surface area contributed by atoms with E-state index >= 15 is 0 Å². The summed E-state index contributed by atoms with van der Waals surface area (Å²) in [6.07, 6.45) is -7.20. The molecule has 24 heteroatoms. The summed E-state index contributed by atoms with van der Waals surface area (Å²) in [5, 5.41) is 35.3. The summed E-state index contributed by atoms with van der Waals surface area (Å²) in [6, 6.07) is 0. The van der Waals surface area contributed by atoms with E-state index in [2.05, 4.69) is 30.0 Å².